The molecule has 0 bridgehead atoms. The molecule has 1 amide bonds. The Kier molecular flexibility index (Phi) is 4.12. The van der Waals surface area contributed by atoms with Crippen LogP contribution in [-0.2, 0) is 0 Å². The zero-order valence-electron chi connectivity index (χ0n) is 11.8. The van der Waals surface area contributed by atoms with Gasteiger partial charge in [-0.1, -0.05) is 0 Å². The Hall–Kier alpha value is -1.99. The number of carbonyl (C=O) groups excluding carboxylic acids is 1. The lowest BCUT2D eigenvalue weighted by molar-refractivity contribution is 0.0708. The van der Waals surface area contributed by atoms with Crippen molar-refractivity contribution in [3.63, 3.8) is 0 Å². The molecule has 2 aromatic rings. The Balaban J connectivity index is 1.82. The number of hydrogen-bond acceptors (Lipinski definition) is 5. The molecule has 0 radical (unpaired) electrons. The molecular weight excluding hydrogens is 270 g/mol. The quantitative estimate of drug-likeness (QED) is 0.804. The zero-order valence-corrected chi connectivity index (χ0v) is 11.8. The van der Waals surface area contributed by atoms with Crippen molar-refractivity contribution in [2.75, 3.05) is 26.2 Å². The smallest absolute Gasteiger partial charge is 0.257 e. The number of rotatable bonds is 5. The Bertz CT molecular complexity index is 621. The molecule has 7 heteroatoms. The second-order valence-corrected chi connectivity index (χ2v) is 5.23. The minimum Gasteiger partial charge on any atom is -0.395 e. The number of amides is 1. The van der Waals surface area contributed by atoms with Crippen LogP contribution in [0.2, 0.25) is 0 Å². The average Bonchev–Trinajstić information content (AvgIpc) is 3.15. The second kappa shape index (κ2) is 6.19. The summed E-state index contributed by atoms with van der Waals surface area (Å²) in [6, 6.07) is 0.306. The third-order valence-electron chi connectivity index (χ3n) is 3.82. The second-order valence-electron chi connectivity index (χ2n) is 5.23. The standard InChI is InChI=1S/C14H19N5O2/c20-7-6-18(10-11-2-1-3-16-11)14(21)12-8-17-19-5-4-15-9-13(12)19/h4-5,8-9,11,16,20H,1-3,6-7,10H2. The van der Waals surface area contributed by atoms with E-state index in [2.05, 4.69) is 15.4 Å². The number of fused-ring (bicyclic) bond motifs is 1. The van der Waals surface area contributed by atoms with Crippen LogP contribution in [0.25, 0.3) is 5.52 Å². The van der Waals surface area contributed by atoms with E-state index in [-0.39, 0.29) is 12.5 Å². The first-order valence-corrected chi connectivity index (χ1v) is 7.20. The number of nitrogens with one attached hydrogen (secondary N) is 1. The van der Waals surface area contributed by atoms with Crippen LogP contribution in [0.15, 0.2) is 24.8 Å². The molecule has 3 rings (SSSR count). The number of aromatic nitrogens is 3. The number of hydrogen-bond donors (Lipinski definition) is 2. The van der Waals surface area contributed by atoms with Crippen molar-refractivity contribution in [1.29, 1.82) is 0 Å². The first-order valence-electron chi connectivity index (χ1n) is 7.20. The molecular formula is C14H19N5O2. The number of aliphatic hydroxyl groups is 1. The van der Waals surface area contributed by atoms with E-state index in [9.17, 15) is 9.90 Å². The lowest BCUT2D eigenvalue weighted by atomic mass is 10.2. The first kappa shape index (κ1) is 14.0. The topological polar surface area (TPSA) is 82.8 Å². The fourth-order valence-corrected chi connectivity index (χ4v) is 2.74. The molecule has 0 spiro atoms. The highest BCUT2D eigenvalue weighted by Crippen LogP contribution is 2.14. The van der Waals surface area contributed by atoms with Gasteiger partial charge in [0, 0.05) is 31.5 Å². The monoisotopic (exact) mass is 289 g/mol. The van der Waals surface area contributed by atoms with E-state index in [0.717, 1.165) is 19.4 Å². The molecule has 0 saturated carbocycles. The molecule has 2 aromatic heterocycles. The van der Waals surface area contributed by atoms with E-state index in [1.807, 2.05) is 0 Å². The fourth-order valence-electron chi connectivity index (χ4n) is 2.74. The van der Waals surface area contributed by atoms with Gasteiger partial charge in [0.25, 0.3) is 5.91 Å². The first-order chi connectivity index (χ1) is 10.3. The molecule has 1 unspecified atom stereocenters. The summed E-state index contributed by atoms with van der Waals surface area (Å²) in [5, 5.41) is 16.8. The van der Waals surface area contributed by atoms with Gasteiger partial charge in [0.1, 0.15) is 0 Å². The van der Waals surface area contributed by atoms with Crippen molar-refractivity contribution in [3.8, 4) is 0 Å². The minimum absolute atomic E-state index is 0.0457. The molecule has 1 aliphatic heterocycles. The third-order valence-corrected chi connectivity index (χ3v) is 3.82. The summed E-state index contributed by atoms with van der Waals surface area (Å²) in [5.41, 5.74) is 1.21. The van der Waals surface area contributed by atoms with Crippen molar-refractivity contribution in [1.82, 2.24) is 24.8 Å². The van der Waals surface area contributed by atoms with Crippen LogP contribution in [-0.4, -0.2) is 62.8 Å². The van der Waals surface area contributed by atoms with Crippen LogP contribution >= 0.6 is 0 Å². The molecule has 3 heterocycles. The summed E-state index contributed by atoms with van der Waals surface area (Å²) in [5.74, 6) is -0.110. The fraction of sp³-hybridized carbons (Fsp3) is 0.500. The van der Waals surface area contributed by atoms with Gasteiger partial charge in [0.15, 0.2) is 0 Å². The summed E-state index contributed by atoms with van der Waals surface area (Å²) < 4.78 is 1.63. The summed E-state index contributed by atoms with van der Waals surface area (Å²) in [4.78, 5) is 18.4. The van der Waals surface area contributed by atoms with Gasteiger partial charge >= 0.3 is 0 Å². The zero-order chi connectivity index (χ0) is 14.7. The third kappa shape index (κ3) is 2.88. The summed E-state index contributed by atoms with van der Waals surface area (Å²) in [7, 11) is 0. The van der Waals surface area contributed by atoms with Gasteiger partial charge in [0.05, 0.1) is 30.1 Å². The number of carbonyl (C=O) groups is 1. The number of nitrogens with zero attached hydrogens (tertiary/aromatic N) is 4. The molecule has 0 aromatic carbocycles. The lowest BCUT2D eigenvalue weighted by Gasteiger charge is -2.24. The molecule has 1 saturated heterocycles. The average molecular weight is 289 g/mol. The summed E-state index contributed by atoms with van der Waals surface area (Å²) >= 11 is 0. The SMILES string of the molecule is O=C(c1cnn2ccncc12)N(CCO)CC1CCCN1. The minimum atomic E-state index is -0.110. The highest BCUT2D eigenvalue weighted by molar-refractivity contribution is 6.00. The van der Waals surface area contributed by atoms with Gasteiger partial charge in [-0.3, -0.25) is 9.78 Å². The molecule has 1 atom stereocenters. The molecule has 1 aliphatic rings. The molecule has 0 aliphatic carbocycles. The van der Waals surface area contributed by atoms with Crippen LogP contribution in [0.1, 0.15) is 23.2 Å². The molecule has 1 fully saturated rings. The summed E-state index contributed by atoms with van der Waals surface area (Å²) in [6.07, 6.45) is 8.72. The van der Waals surface area contributed by atoms with Crippen LogP contribution in [0, 0.1) is 0 Å². The largest absolute Gasteiger partial charge is 0.395 e. The highest BCUT2D eigenvalue weighted by atomic mass is 16.3. The van der Waals surface area contributed by atoms with Gasteiger partial charge in [-0.25, -0.2) is 4.52 Å². The maximum Gasteiger partial charge on any atom is 0.257 e. The van der Waals surface area contributed by atoms with Crippen molar-refractivity contribution in [3.05, 3.63) is 30.4 Å². The lowest BCUT2D eigenvalue weighted by Crippen LogP contribution is -2.42. The maximum absolute atomic E-state index is 12.7. The van der Waals surface area contributed by atoms with E-state index >= 15 is 0 Å². The van der Waals surface area contributed by atoms with E-state index in [0.29, 0.717) is 30.2 Å². The normalized spacial score (nSPS) is 18.2. The predicted molar refractivity (Wildman–Crippen MR) is 77.0 cm³/mol. The van der Waals surface area contributed by atoms with E-state index < -0.39 is 0 Å². The van der Waals surface area contributed by atoms with Crippen LogP contribution in [0.5, 0.6) is 0 Å². The number of aliphatic hydroxyl groups excluding tert-OH is 1. The van der Waals surface area contributed by atoms with Gasteiger partial charge in [-0.2, -0.15) is 5.10 Å². The van der Waals surface area contributed by atoms with Gasteiger partial charge in [0.2, 0.25) is 0 Å². The van der Waals surface area contributed by atoms with Crippen LogP contribution in [0.3, 0.4) is 0 Å². The van der Waals surface area contributed by atoms with E-state index in [4.69, 9.17) is 0 Å². The Morgan fingerprint density at radius 3 is 3.19 bits per heavy atom. The highest BCUT2D eigenvalue weighted by Gasteiger charge is 2.24. The van der Waals surface area contributed by atoms with Crippen LogP contribution in [0.4, 0.5) is 0 Å². The van der Waals surface area contributed by atoms with Gasteiger partial charge < -0.3 is 15.3 Å². The van der Waals surface area contributed by atoms with E-state index in [1.54, 1.807) is 34.2 Å². The predicted octanol–water partition coefficient (Wildman–Crippen LogP) is -0.0842. The van der Waals surface area contributed by atoms with Gasteiger partial charge in [-0.05, 0) is 19.4 Å². The molecule has 21 heavy (non-hydrogen) atoms. The van der Waals surface area contributed by atoms with Crippen LogP contribution < -0.4 is 5.32 Å². The maximum atomic E-state index is 12.7. The van der Waals surface area contributed by atoms with E-state index in [1.165, 1.54) is 0 Å². The Labute approximate surface area is 122 Å². The molecule has 2 N–H and O–H groups in total. The molecule has 112 valence electrons. The van der Waals surface area contributed by atoms with Gasteiger partial charge in [-0.15, -0.1) is 0 Å². The van der Waals surface area contributed by atoms with Crippen molar-refractivity contribution in [2.24, 2.45) is 0 Å². The van der Waals surface area contributed by atoms with Crippen molar-refractivity contribution >= 4 is 11.4 Å². The Morgan fingerprint density at radius 1 is 1.52 bits per heavy atom. The summed E-state index contributed by atoms with van der Waals surface area (Å²) in [6.45, 7) is 1.88. The molecule has 7 nitrogen and oxygen atoms in total. The van der Waals surface area contributed by atoms with Crippen molar-refractivity contribution in [2.45, 2.75) is 18.9 Å². The Morgan fingerprint density at radius 2 is 2.43 bits per heavy atom. The van der Waals surface area contributed by atoms with Crippen molar-refractivity contribution < 1.29 is 9.90 Å².